The largest absolute Gasteiger partial charge is 0.324 e. The Morgan fingerprint density at radius 1 is 0.806 bits per heavy atom. The second kappa shape index (κ2) is 10.3. The SMILES string of the molecule is Cc1ccc(C)c(NS(=O)(=O)c2ccc(NC(=O)[C@@H](C)N(c3ccc(C)c(C)c3)S(C)(=O)=O)cc2)c1. The number of anilines is 3. The summed E-state index contributed by atoms with van der Waals surface area (Å²) in [6, 6.07) is 15.3. The third-order valence-electron chi connectivity index (χ3n) is 5.90. The first-order chi connectivity index (χ1) is 16.7. The minimum Gasteiger partial charge on any atom is -0.324 e. The monoisotopic (exact) mass is 529 g/mol. The number of nitrogens with one attached hydrogen (secondary N) is 2. The summed E-state index contributed by atoms with van der Waals surface area (Å²) in [5.74, 6) is -0.553. The lowest BCUT2D eigenvalue weighted by Crippen LogP contribution is -2.45. The number of carbonyl (C=O) groups is 1. The summed E-state index contributed by atoms with van der Waals surface area (Å²) in [7, 11) is -7.60. The highest BCUT2D eigenvalue weighted by molar-refractivity contribution is 7.92. The van der Waals surface area contributed by atoms with E-state index >= 15 is 0 Å². The number of aryl methyl sites for hydroxylation is 4. The van der Waals surface area contributed by atoms with Crippen molar-refractivity contribution in [1.29, 1.82) is 0 Å². The summed E-state index contributed by atoms with van der Waals surface area (Å²) in [5.41, 5.74) is 4.85. The van der Waals surface area contributed by atoms with Crippen molar-refractivity contribution < 1.29 is 21.6 Å². The zero-order valence-corrected chi connectivity index (χ0v) is 22.8. The third kappa shape index (κ3) is 6.24. The molecule has 0 aliphatic heterocycles. The second-order valence-electron chi connectivity index (χ2n) is 8.94. The average molecular weight is 530 g/mol. The lowest BCUT2D eigenvalue weighted by atomic mass is 10.1. The van der Waals surface area contributed by atoms with E-state index in [0.29, 0.717) is 17.1 Å². The molecule has 0 aliphatic rings. The minimum absolute atomic E-state index is 0.0300. The van der Waals surface area contributed by atoms with Crippen molar-refractivity contribution in [3.8, 4) is 0 Å². The molecule has 0 spiro atoms. The Morgan fingerprint density at radius 2 is 1.42 bits per heavy atom. The molecule has 1 atom stereocenters. The lowest BCUT2D eigenvalue weighted by Gasteiger charge is -2.28. The van der Waals surface area contributed by atoms with Crippen LogP contribution in [0.25, 0.3) is 0 Å². The molecule has 36 heavy (non-hydrogen) atoms. The molecule has 3 rings (SSSR count). The summed E-state index contributed by atoms with van der Waals surface area (Å²) >= 11 is 0. The predicted octanol–water partition coefficient (Wildman–Crippen LogP) is 4.51. The number of hydrogen-bond acceptors (Lipinski definition) is 5. The van der Waals surface area contributed by atoms with Crippen LogP contribution in [0.3, 0.4) is 0 Å². The van der Waals surface area contributed by atoms with E-state index in [4.69, 9.17) is 0 Å². The molecule has 0 saturated heterocycles. The van der Waals surface area contributed by atoms with Gasteiger partial charge in [-0.15, -0.1) is 0 Å². The van der Waals surface area contributed by atoms with Crippen LogP contribution in [-0.4, -0.2) is 35.0 Å². The first-order valence-corrected chi connectivity index (χ1v) is 14.6. The number of hydrogen-bond donors (Lipinski definition) is 2. The van der Waals surface area contributed by atoms with E-state index in [1.807, 2.05) is 39.8 Å². The minimum atomic E-state index is -3.84. The van der Waals surface area contributed by atoms with E-state index in [9.17, 15) is 21.6 Å². The molecular formula is C26H31N3O5S2. The molecule has 2 N–H and O–H groups in total. The van der Waals surface area contributed by atoms with Gasteiger partial charge in [0.15, 0.2) is 0 Å². The van der Waals surface area contributed by atoms with Crippen LogP contribution in [0.4, 0.5) is 17.1 Å². The number of sulfonamides is 2. The maximum atomic E-state index is 13.0. The van der Waals surface area contributed by atoms with E-state index in [0.717, 1.165) is 32.8 Å². The van der Waals surface area contributed by atoms with Gasteiger partial charge in [0.25, 0.3) is 10.0 Å². The van der Waals surface area contributed by atoms with Crippen molar-refractivity contribution in [3.05, 3.63) is 82.9 Å². The van der Waals surface area contributed by atoms with Crippen LogP contribution in [0.15, 0.2) is 65.6 Å². The topological polar surface area (TPSA) is 113 Å². The van der Waals surface area contributed by atoms with Crippen molar-refractivity contribution in [2.24, 2.45) is 0 Å². The Hall–Kier alpha value is -3.37. The molecule has 0 aliphatic carbocycles. The van der Waals surface area contributed by atoms with Gasteiger partial charge in [-0.25, -0.2) is 16.8 Å². The van der Waals surface area contributed by atoms with E-state index in [-0.39, 0.29) is 4.90 Å². The van der Waals surface area contributed by atoms with Gasteiger partial charge in [0.2, 0.25) is 15.9 Å². The van der Waals surface area contributed by atoms with Crippen molar-refractivity contribution in [2.45, 2.75) is 45.6 Å². The molecule has 0 fully saturated rings. The maximum Gasteiger partial charge on any atom is 0.261 e. The smallest absolute Gasteiger partial charge is 0.261 e. The highest BCUT2D eigenvalue weighted by Crippen LogP contribution is 2.25. The fourth-order valence-corrected chi connectivity index (χ4v) is 5.97. The van der Waals surface area contributed by atoms with Gasteiger partial charge in [-0.3, -0.25) is 13.8 Å². The van der Waals surface area contributed by atoms with Crippen LogP contribution < -0.4 is 14.3 Å². The van der Waals surface area contributed by atoms with Crippen LogP contribution in [0.1, 0.15) is 29.2 Å². The number of carbonyl (C=O) groups excluding carboxylic acids is 1. The number of rotatable bonds is 8. The van der Waals surface area contributed by atoms with Crippen LogP contribution in [-0.2, 0) is 24.8 Å². The molecule has 192 valence electrons. The maximum absolute atomic E-state index is 13.0. The first kappa shape index (κ1) is 27.2. The zero-order valence-electron chi connectivity index (χ0n) is 21.2. The second-order valence-corrected chi connectivity index (χ2v) is 12.5. The van der Waals surface area contributed by atoms with E-state index in [1.165, 1.54) is 31.2 Å². The Kier molecular flexibility index (Phi) is 7.80. The summed E-state index contributed by atoms with van der Waals surface area (Å²) in [5, 5.41) is 2.67. The molecule has 8 nitrogen and oxygen atoms in total. The van der Waals surface area contributed by atoms with Crippen LogP contribution in [0.5, 0.6) is 0 Å². The third-order valence-corrected chi connectivity index (χ3v) is 8.53. The van der Waals surface area contributed by atoms with Crippen molar-refractivity contribution in [1.82, 2.24) is 0 Å². The molecule has 1 amide bonds. The number of nitrogens with zero attached hydrogens (tertiary/aromatic N) is 1. The molecule has 0 unspecified atom stereocenters. The molecule has 3 aromatic rings. The number of benzene rings is 3. The van der Waals surface area contributed by atoms with Crippen molar-refractivity contribution in [2.75, 3.05) is 20.6 Å². The van der Waals surface area contributed by atoms with Gasteiger partial charge in [-0.05, 0) is 99.3 Å². The predicted molar refractivity (Wildman–Crippen MR) is 144 cm³/mol. The van der Waals surface area contributed by atoms with Crippen LogP contribution in [0.2, 0.25) is 0 Å². The molecule has 0 saturated carbocycles. The van der Waals surface area contributed by atoms with Gasteiger partial charge in [0.1, 0.15) is 6.04 Å². The van der Waals surface area contributed by atoms with Crippen molar-refractivity contribution in [3.63, 3.8) is 0 Å². The Labute approximate surface area is 213 Å². The van der Waals surface area contributed by atoms with Gasteiger partial charge < -0.3 is 5.32 Å². The summed E-state index contributed by atoms with van der Waals surface area (Å²) in [6.07, 6.45) is 1.05. The molecule has 0 bridgehead atoms. The molecule has 0 heterocycles. The Morgan fingerprint density at radius 3 is 2.00 bits per heavy atom. The fourth-order valence-electron chi connectivity index (χ4n) is 3.69. The summed E-state index contributed by atoms with van der Waals surface area (Å²) in [4.78, 5) is 13.0. The van der Waals surface area contributed by atoms with Crippen LogP contribution in [0, 0.1) is 27.7 Å². The molecule has 0 aromatic heterocycles. The molecule has 0 radical (unpaired) electrons. The van der Waals surface area contributed by atoms with Gasteiger partial charge in [0.05, 0.1) is 22.5 Å². The van der Waals surface area contributed by atoms with E-state index < -0.39 is 32.0 Å². The van der Waals surface area contributed by atoms with Gasteiger partial charge in [0, 0.05) is 5.69 Å². The van der Waals surface area contributed by atoms with Gasteiger partial charge >= 0.3 is 0 Å². The Bertz CT molecular complexity index is 1500. The molecular weight excluding hydrogens is 498 g/mol. The first-order valence-electron chi connectivity index (χ1n) is 11.3. The normalized spacial score (nSPS) is 12.6. The Balaban J connectivity index is 1.79. The highest BCUT2D eigenvalue weighted by atomic mass is 32.2. The van der Waals surface area contributed by atoms with Gasteiger partial charge in [-0.1, -0.05) is 18.2 Å². The fraction of sp³-hybridized carbons (Fsp3) is 0.269. The zero-order chi connectivity index (χ0) is 26.8. The molecule has 3 aromatic carbocycles. The summed E-state index contributed by atoms with van der Waals surface area (Å²) in [6.45, 7) is 8.98. The van der Waals surface area contributed by atoms with E-state index in [1.54, 1.807) is 24.3 Å². The van der Waals surface area contributed by atoms with Crippen LogP contribution >= 0.6 is 0 Å². The lowest BCUT2D eigenvalue weighted by molar-refractivity contribution is -0.116. The standard InChI is InChI=1S/C26H31N3O5S2/c1-17-7-8-19(3)25(15-17)28-36(33,34)24-13-10-22(11-14-24)27-26(30)21(5)29(35(6,31)32)23-12-9-18(2)20(4)16-23/h7-16,21,28H,1-6H3,(H,27,30)/t21-/m1/s1. The quantitative estimate of drug-likeness (QED) is 0.446. The van der Waals surface area contributed by atoms with E-state index in [2.05, 4.69) is 10.0 Å². The highest BCUT2D eigenvalue weighted by Gasteiger charge is 2.29. The van der Waals surface area contributed by atoms with Gasteiger partial charge in [-0.2, -0.15) is 0 Å². The summed E-state index contributed by atoms with van der Waals surface area (Å²) < 4.78 is 54.4. The number of amides is 1. The van der Waals surface area contributed by atoms with Crippen molar-refractivity contribution >= 4 is 43.0 Å². The average Bonchev–Trinajstić information content (AvgIpc) is 2.78. The molecule has 10 heteroatoms.